The number of carbonyl (C=O) groups is 2. The first kappa shape index (κ1) is 25.5. The van der Waals surface area contributed by atoms with Crippen LogP contribution in [0.15, 0.2) is 65.1 Å². The third kappa shape index (κ3) is 6.56. The van der Waals surface area contributed by atoms with E-state index in [0.717, 1.165) is 46.5 Å². The maximum Gasteiger partial charge on any atom is 0.261 e. The van der Waals surface area contributed by atoms with Gasteiger partial charge in [-0.05, 0) is 70.2 Å². The first-order chi connectivity index (χ1) is 16.9. The number of amides is 2. The Morgan fingerprint density at radius 1 is 1.06 bits per heavy atom. The van der Waals surface area contributed by atoms with Crippen LogP contribution in [0.25, 0.3) is 10.8 Å². The van der Waals surface area contributed by atoms with Crippen molar-refractivity contribution in [2.24, 2.45) is 0 Å². The fourth-order valence-electron chi connectivity index (χ4n) is 4.49. The molecule has 1 saturated carbocycles. The molecular weight excluding hydrogens is 528 g/mol. The lowest BCUT2D eigenvalue weighted by Crippen LogP contribution is -2.51. The number of nitrogens with one attached hydrogen (secondary N) is 1. The van der Waals surface area contributed by atoms with Crippen LogP contribution < -0.4 is 10.1 Å². The van der Waals surface area contributed by atoms with Crippen molar-refractivity contribution in [1.82, 2.24) is 10.2 Å². The SMILES string of the molecule is CC(C(=O)NC1CCCCC1)N(Cc1ccc(Cl)cc1)C(=O)COc1ccc2ccccc2c1Br. The van der Waals surface area contributed by atoms with E-state index in [4.69, 9.17) is 16.3 Å². The third-order valence-corrected chi connectivity index (χ3v) is 7.63. The number of ether oxygens (including phenoxy) is 1. The molecule has 0 bridgehead atoms. The van der Waals surface area contributed by atoms with Crippen LogP contribution in [-0.4, -0.2) is 35.4 Å². The van der Waals surface area contributed by atoms with E-state index in [0.29, 0.717) is 10.8 Å². The van der Waals surface area contributed by atoms with E-state index in [2.05, 4.69) is 21.2 Å². The molecule has 1 fully saturated rings. The molecule has 1 aliphatic rings. The normalized spacial score (nSPS) is 14.9. The summed E-state index contributed by atoms with van der Waals surface area (Å²) >= 11 is 9.65. The van der Waals surface area contributed by atoms with E-state index >= 15 is 0 Å². The maximum atomic E-state index is 13.4. The van der Waals surface area contributed by atoms with Crippen molar-refractivity contribution < 1.29 is 14.3 Å². The fraction of sp³-hybridized carbons (Fsp3) is 0.357. The molecule has 1 aliphatic carbocycles. The van der Waals surface area contributed by atoms with Crippen molar-refractivity contribution in [2.45, 2.75) is 57.7 Å². The minimum absolute atomic E-state index is 0.133. The first-order valence-electron chi connectivity index (χ1n) is 12.1. The Bertz CT molecular complexity index is 1180. The molecular formula is C28H30BrClN2O3. The van der Waals surface area contributed by atoms with Gasteiger partial charge in [0.25, 0.3) is 5.91 Å². The van der Waals surface area contributed by atoms with Crippen LogP contribution in [0.1, 0.15) is 44.6 Å². The van der Waals surface area contributed by atoms with Gasteiger partial charge < -0.3 is 15.0 Å². The number of hydrogen-bond donors (Lipinski definition) is 1. The summed E-state index contributed by atoms with van der Waals surface area (Å²) in [4.78, 5) is 28.1. The standard InChI is InChI=1S/C28H30BrClN2O3/c1-19(28(34)31-23-8-3-2-4-9-23)32(17-20-11-14-22(30)15-12-20)26(33)18-35-25-16-13-21-7-5-6-10-24(21)27(25)29/h5-7,10-16,19,23H,2-4,8-9,17-18H2,1H3,(H,31,34). The Balaban J connectivity index is 1.49. The molecule has 0 spiro atoms. The monoisotopic (exact) mass is 556 g/mol. The minimum Gasteiger partial charge on any atom is -0.483 e. The molecule has 3 aromatic rings. The summed E-state index contributed by atoms with van der Waals surface area (Å²) in [5.41, 5.74) is 0.895. The lowest BCUT2D eigenvalue weighted by Gasteiger charge is -2.31. The summed E-state index contributed by atoms with van der Waals surface area (Å²) in [6, 6.07) is 18.6. The van der Waals surface area contributed by atoms with E-state index in [1.807, 2.05) is 48.5 Å². The van der Waals surface area contributed by atoms with E-state index < -0.39 is 6.04 Å². The summed E-state index contributed by atoms with van der Waals surface area (Å²) < 4.78 is 6.74. The molecule has 4 rings (SSSR count). The highest BCUT2D eigenvalue weighted by molar-refractivity contribution is 9.10. The summed E-state index contributed by atoms with van der Waals surface area (Å²) in [7, 11) is 0. The van der Waals surface area contributed by atoms with Crippen LogP contribution >= 0.6 is 27.5 Å². The molecule has 0 heterocycles. The highest BCUT2D eigenvalue weighted by atomic mass is 79.9. The molecule has 0 saturated heterocycles. The Morgan fingerprint density at radius 2 is 1.77 bits per heavy atom. The van der Waals surface area contributed by atoms with Crippen molar-refractivity contribution in [3.8, 4) is 5.75 Å². The van der Waals surface area contributed by atoms with E-state index in [-0.39, 0.29) is 31.0 Å². The second kappa shape index (κ2) is 11.9. The molecule has 2 amide bonds. The molecule has 35 heavy (non-hydrogen) atoms. The number of benzene rings is 3. The van der Waals surface area contributed by atoms with Gasteiger partial charge in [0, 0.05) is 17.6 Å². The fourth-order valence-corrected chi connectivity index (χ4v) is 5.22. The van der Waals surface area contributed by atoms with Crippen LogP contribution in [0.2, 0.25) is 5.02 Å². The lowest BCUT2D eigenvalue weighted by atomic mass is 9.95. The van der Waals surface area contributed by atoms with Crippen molar-refractivity contribution in [2.75, 3.05) is 6.61 Å². The summed E-state index contributed by atoms with van der Waals surface area (Å²) in [6.07, 6.45) is 5.44. The Hall–Kier alpha value is -2.57. The molecule has 0 aromatic heterocycles. The number of halogens is 2. The summed E-state index contributed by atoms with van der Waals surface area (Å²) in [6.45, 7) is 1.89. The number of nitrogens with zero attached hydrogens (tertiary/aromatic N) is 1. The van der Waals surface area contributed by atoms with Gasteiger partial charge in [0.2, 0.25) is 5.91 Å². The number of rotatable bonds is 8. The Morgan fingerprint density at radius 3 is 2.51 bits per heavy atom. The molecule has 0 radical (unpaired) electrons. The zero-order valence-electron chi connectivity index (χ0n) is 19.8. The zero-order valence-corrected chi connectivity index (χ0v) is 22.1. The van der Waals surface area contributed by atoms with E-state index in [1.165, 1.54) is 6.42 Å². The van der Waals surface area contributed by atoms with Crippen molar-refractivity contribution in [3.63, 3.8) is 0 Å². The van der Waals surface area contributed by atoms with Crippen molar-refractivity contribution in [3.05, 3.63) is 75.7 Å². The lowest BCUT2D eigenvalue weighted by molar-refractivity contribution is -0.142. The predicted octanol–water partition coefficient (Wildman–Crippen LogP) is 6.50. The predicted molar refractivity (Wildman–Crippen MR) is 144 cm³/mol. The van der Waals surface area contributed by atoms with Gasteiger partial charge >= 0.3 is 0 Å². The number of carbonyl (C=O) groups excluding carboxylic acids is 2. The molecule has 1 N–H and O–H groups in total. The zero-order chi connectivity index (χ0) is 24.8. The van der Waals surface area contributed by atoms with Crippen LogP contribution in [0.3, 0.4) is 0 Å². The van der Waals surface area contributed by atoms with Gasteiger partial charge in [-0.2, -0.15) is 0 Å². The molecule has 3 aromatic carbocycles. The van der Waals surface area contributed by atoms with Gasteiger partial charge in [-0.25, -0.2) is 0 Å². The Labute approximate surface area is 219 Å². The van der Waals surface area contributed by atoms with Crippen molar-refractivity contribution >= 4 is 50.1 Å². The van der Waals surface area contributed by atoms with E-state index in [9.17, 15) is 9.59 Å². The minimum atomic E-state index is -0.635. The Kier molecular flexibility index (Phi) is 8.69. The number of fused-ring (bicyclic) bond motifs is 1. The van der Waals surface area contributed by atoms with Crippen LogP contribution in [-0.2, 0) is 16.1 Å². The smallest absolute Gasteiger partial charge is 0.261 e. The summed E-state index contributed by atoms with van der Waals surface area (Å²) in [5, 5.41) is 5.86. The molecule has 184 valence electrons. The molecule has 0 aliphatic heterocycles. The average molecular weight is 558 g/mol. The number of hydrogen-bond acceptors (Lipinski definition) is 3. The van der Waals surface area contributed by atoms with Gasteiger partial charge in [0.15, 0.2) is 6.61 Å². The molecule has 7 heteroatoms. The van der Waals surface area contributed by atoms with Crippen LogP contribution in [0, 0.1) is 0 Å². The highest BCUT2D eigenvalue weighted by Crippen LogP contribution is 2.33. The van der Waals surface area contributed by atoms with Gasteiger partial charge in [-0.1, -0.05) is 73.3 Å². The quantitative estimate of drug-likeness (QED) is 0.344. The summed E-state index contributed by atoms with van der Waals surface area (Å²) in [5.74, 6) is 0.195. The first-order valence-corrected chi connectivity index (χ1v) is 13.2. The van der Waals surface area contributed by atoms with Gasteiger partial charge in [-0.3, -0.25) is 9.59 Å². The average Bonchev–Trinajstić information content (AvgIpc) is 2.88. The van der Waals surface area contributed by atoms with Crippen LogP contribution in [0.4, 0.5) is 0 Å². The highest BCUT2D eigenvalue weighted by Gasteiger charge is 2.28. The molecule has 5 nitrogen and oxygen atoms in total. The largest absolute Gasteiger partial charge is 0.483 e. The topological polar surface area (TPSA) is 58.6 Å². The van der Waals surface area contributed by atoms with Crippen molar-refractivity contribution in [1.29, 1.82) is 0 Å². The van der Waals surface area contributed by atoms with Gasteiger partial charge in [0.1, 0.15) is 11.8 Å². The van der Waals surface area contributed by atoms with Gasteiger partial charge in [0.05, 0.1) is 4.47 Å². The third-order valence-electron chi connectivity index (χ3n) is 6.56. The second-order valence-corrected chi connectivity index (χ2v) is 10.3. The van der Waals surface area contributed by atoms with Gasteiger partial charge in [-0.15, -0.1) is 0 Å². The van der Waals surface area contributed by atoms with E-state index in [1.54, 1.807) is 24.0 Å². The molecule has 1 unspecified atom stereocenters. The maximum absolute atomic E-state index is 13.4. The molecule has 1 atom stereocenters. The second-order valence-electron chi connectivity index (χ2n) is 9.06. The van der Waals surface area contributed by atoms with Crippen LogP contribution in [0.5, 0.6) is 5.75 Å².